The van der Waals surface area contributed by atoms with E-state index in [1.54, 1.807) is 12.0 Å². The number of ether oxygens (including phenoxy) is 1. The highest BCUT2D eigenvalue weighted by Gasteiger charge is 2.28. The Morgan fingerprint density at radius 3 is 2.83 bits per heavy atom. The van der Waals surface area contributed by atoms with Crippen LogP contribution in [0.15, 0.2) is 0 Å². The van der Waals surface area contributed by atoms with Gasteiger partial charge >= 0.3 is 0 Å². The summed E-state index contributed by atoms with van der Waals surface area (Å²) in [5.74, 6) is 0.155. The Kier molecular flexibility index (Phi) is 5.20. The minimum atomic E-state index is 0. The summed E-state index contributed by atoms with van der Waals surface area (Å²) in [6.45, 7) is 1.88. The van der Waals surface area contributed by atoms with Crippen LogP contribution < -0.4 is 5.73 Å². The summed E-state index contributed by atoms with van der Waals surface area (Å²) in [5, 5.41) is 0. The van der Waals surface area contributed by atoms with Crippen LogP contribution in [0.3, 0.4) is 0 Å². The molecule has 0 aromatic carbocycles. The van der Waals surface area contributed by atoms with Crippen molar-refractivity contribution in [1.29, 1.82) is 0 Å². The summed E-state index contributed by atoms with van der Waals surface area (Å²) in [6.07, 6.45) is 0.588. The lowest BCUT2D eigenvalue weighted by Gasteiger charge is -2.13. The standard InChI is InChI=1S/C7H14N2O2.ClH/c1-11-6-4-7(10)9(5-6)3-2-8;/h6H,2-5,8H2,1H3;1H. The molecular weight excluding hydrogens is 180 g/mol. The topological polar surface area (TPSA) is 55.6 Å². The summed E-state index contributed by atoms with van der Waals surface area (Å²) >= 11 is 0. The highest BCUT2D eigenvalue weighted by Crippen LogP contribution is 2.12. The molecule has 1 fully saturated rings. The SMILES string of the molecule is COC1CC(=O)N(CCN)C1.Cl. The second kappa shape index (κ2) is 5.35. The molecule has 1 unspecified atom stereocenters. The molecule has 2 N–H and O–H groups in total. The van der Waals surface area contributed by atoms with Crippen LogP contribution in [-0.4, -0.2) is 43.7 Å². The van der Waals surface area contributed by atoms with Gasteiger partial charge in [0.2, 0.25) is 5.91 Å². The Hall–Kier alpha value is -0.320. The van der Waals surface area contributed by atoms with Crippen molar-refractivity contribution in [3.05, 3.63) is 0 Å². The second-order valence-corrected chi connectivity index (χ2v) is 2.69. The largest absolute Gasteiger partial charge is 0.379 e. The van der Waals surface area contributed by atoms with E-state index in [0.29, 0.717) is 26.1 Å². The summed E-state index contributed by atoms with van der Waals surface area (Å²) in [4.78, 5) is 12.9. The van der Waals surface area contributed by atoms with Crippen molar-refractivity contribution in [2.24, 2.45) is 5.73 Å². The van der Waals surface area contributed by atoms with Gasteiger partial charge in [0.15, 0.2) is 0 Å². The summed E-state index contributed by atoms with van der Waals surface area (Å²) in [6, 6.07) is 0. The number of rotatable bonds is 3. The third-order valence-electron chi connectivity index (χ3n) is 1.91. The maximum atomic E-state index is 11.1. The van der Waals surface area contributed by atoms with Crippen molar-refractivity contribution in [2.75, 3.05) is 26.7 Å². The number of carbonyl (C=O) groups is 1. The van der Waals surface area contributed by atoms with Crippen molar-refractivity contribution in [3.8, 4) is 0 Å². The Labute approximate surface area is 78.5 Å². The van der Waals surface area contributed by atoms with Crippen LogP contribution >= 0.6 is 12.4 Å². The molecule has 0 saturated carbocycles. The van der Waals surface area contributed by atoms with E-state index in [2.05, 4.69) is 0 Å². The van der Waals surface area contributed by atoms with Crippen LogP contribution in [0.1, 0.15) is 6.42 Å². The first kappa shape index (κ1) is 11.7. The Bertz CT molecular complexity index is 154. The molecule has 0 aliphatic carbocycles. The quantitative estimate of drug-likeness (QED) is 0.666. The molecular formula is C7H15ClN2O2. The molecule has 5 heteroatoms. The van der Waals surface area contributed by atoms with Crippen LogP contribution in [0.5, 0.6) is 0 Å². The van der Waals surface area contributed by atoms with Gasteiger partial charge in [-0.05, 0) is 0 Å². The molecule has 72 valence electrons. The van der Waals surface area contributed by atoms with Gasteiger partial charge in [-0.3, -0.25) is 4.79 Å². The summed E-state index contributed by atoms with van der Waals surface area (Å²) in [5.41, 5.74) is 5.32. The molecule has 0 radical (unpaired) electrons. The fraction of sp³-hybridized carbons (Fsp3) is 0.857. The maximum Gasteiger partial charge on any atom is 0.225 e. The van der Waals surface area contributed by atoms with Gasteiger partial charge in [-0.15, -0.1) is 12.4 Å². The first-order valence-corrected chi connectivity index (χ1v) is 3.78. The molecule has 1 rings (SSSR count). The van der Waals surface area contributed by atoms with E-state index in [0.717, 1.165) is 0 Å². The van der Waals surface area contributed by atoms with Crippen molar-refractivity contribution < 1.29 is 9.53 Å². The zero-order valence-electron chi connectivity index (χ0n) is 7.16. The fourth-order valence-electron chi connectivity index (χ4n) is 1.27. The maximum absolute atomic E-state index is 11.1. The smallest absolute Gasteiger partial charge is 0.225 e. The van der Waals surface area contributed by atoms with E-state index in [-0.39, 0.29) is 24.4 Å². The minimum absolute atomic E-state index is 0. The van der Waals surface area contributed by atoms with Crippen LogP contribution in [0.25, 0.3) is 0 Å². The average Bonchev–Trinajstić information content (AvgIpc) is 2.33. The number of carbonyl (C=O) groups excluding carboxylic acids is 1. The number of hydrogen-bond acceptors (Lipinski definition) is 3. The van der Waals surface area contributed by atoms with Gasteiger partial charge in [0.1, 0.15) is 0 Å². The number of hydrogen-bond donors (Lipinski definition) is 1. The van der Waals surface area contributed by atoms with Crippen LogP contribution in [0, 0.1) is 0 Å². The number of amides is 1. The number of likely N-dealkylation sites (tertiary alicyclic amines) is 1. The molecule has 0 aromatic heterocycles. The van der Waals surface area contributed by atoms with E-state index >= 15 is 0 Å². The van der Waals surface area contributed by atoms with Crippen molar-refractivity contribution >= 4 is 18.3 Å². The second-order valence-electron chi connectivity index (χ2n) is 2.69. The van der Waals surface area contributed by atoms with Gasteiger partial charge in [0, 0.05) is 26.7 Å². The van der Waals surface area contributed by atoms with E-state index in [1.165, 1.54) is 0 Å². The average molecular weight is 195 g/mol. The lowest BCUT2D eigenvalue weighted by molar-refractivity contribution is -0.127. The van der Waals surface area contributed by atoms with E-state index in [9.17, 15) is 4.79 Å². The first-order chi connectivity index (χ1) is 5.27. The molecule has 1 aliphatic rings. The highest BCUT2D eigenvalue weighted by molar-refractivity contribution is 5.85. The van der Waals surface area contributed by atoms with Gasteiger partial charge in [-0.2, -0.15) is 0 Å². The Morgan fingerprint density at radius 2 is 2.42 bits per heavy atom. The normalized spacial score (nSPS) is 22.7. The molecule has 1 amide bonds. The van der Waals surface area contributed by atoms with Gasteiger partial charge in [-0.1, -0.05) is 0 Å². The number of nitrogens with zero attached hydrogens (tertiary/aromatic N) is 1. The van der Waals surface area contributed by atoms with Gasteiger partial charge in [0.05, 0.1) is 12.5 Å². The Morgan fingerprint density at radius 1 is 1.75 bits per heavy atom. The number of halogens is 1. The van der Waals surface area contributed by atoms with E-state index in [1.807, 2.05) is 0 Å². The lowest BCUT2D eigenvalue weighted by atomic mass is 10.3. The number of nitrogens with two attached hydrogens (primary N) is 1. The first-order valence-electron chi connectivity index (χ1n) is 3.78. The fourth-order valence-corrected chi connectivity index (χ4v) is 1.27. The molecule has 1 aliphatic heterocycles. The molecule has 0 aromatic rings. The molecule has 1 heterocycles. The van der Waals surface area contributed by atoms with Crippen molar-refractivity contribution in [3.63, 3.8) is 0 Å². The summed E-state index contributed by atoms with van der Waals surface area (Å²) < 4.78 is 5.05. The lowest BCUT2D eigenvalue weighted by Crippen LogP contribution is -2.31. The highest BCUT2D eigenvalue weighted by atomic mass is 35.5. The predicted octanol–water partition coefficient (Wildman–Crippen LogP) is -0.386. The zero-order chi connectivity index (χ0) is 8.27. The molecule has 0 bridgehead atoms. The van der Waals surface area contributed by atoms with Crippen molar-refractivity contribution in [2.45, 2.75) is 12.5 Å². The predicted molar refractivity (Wildman–Crippen MR) is 48.3 cm³/mol. The van der Waals surface area contributed by atoms with Crippen LogP contribution in [0.2, 0.25) is 0 Å². The van der Waals surface area contributed by atoms with Crippen LogP contribution in [0.4, 0.5) is 0 Å². The minimum Gasteiger partial charge on any atom is -0.379 e. The molecule has 1 saturated heterocycles. The van der Waals surface area contributed by atoms with Crippen molar-refractivity contribution in [1.82, 2.24) is 4.90 Å². The van der Waals surface area contributed by atoms with Gasteiger partial charge in [-0.25, -0.2) is 0 Å². The molecule has 4 nitrogen and oxygen atoms in total. The van der Waals surface area contributed by atoms with Gasteiger partial charge < -0.3 is 15.4 Å². The van der Waals surface area contributed by atoms with E-state index < -0.39 is 0 Å². The summed E-state index contributed by atoms with van der Waals surface area (Å²) in [7, 11) is 1.63. The molecule has 1 atom stereocenters. The van der Waals surface area contributed by atoms with E-state index in [4.69, 9.17) is 10.5 Å². The number of methoxy groups -OCH3 is 1. The third-order valence-corrected chi connectivity index (χ3v) is 1.91. The molecule has 12 heavy (non-hydrogen) atoms. The molecule has 0 spiro atoms. The monoisotopic (exact) mass is 194 g/mol. The van der Waals surface area contributed by atoms with Crippen LogP contribution in [-0.2, 0) is 9.53 Å². The third kappa shape index (κ3) is 2.62. The zero-order valence-corrected chi connectivity index (χ0v) is 7.97. The van der Waals surface area contributed by atoms with Gasteiger partial charge in [0.25, 0.3) is 0 Å². The Balaban J connectivity index is 0.00000121.